The molecule has 9 heterocycles. The van der Waals surface area contributed by atoms with E-state index in [9.17, 15) is 0 Å². The van der Waals surface area contributed by atoms with E-state index in [1.54, 1.807) is 0 Å². The van der Waals surface area contributed by atoms with E-state index in [2.05, 4.69) is 183 Å². The second-order valence-corrected chi connectivity index (χ2v) is 14.6. The van der Waals surface area contributed by atoms with Gasteiger partial charge >= 0.3 is 17.1 Å². The molecular formula is C52H49FeN8O2+5. The van der Waals surface area contributed by atoms with Crippen molar-refractivity contribution >= 4 is 46.4 Å². The standard InChI is InChI=1S/C52H45N8.Fe.2H2O/c1-5-29-57-33-13-9-17-45(57)49-37-21-23-39(53-37)50(46-18-10-14-34-58(46)30-6-2)41-25-27-43(55-41)52(48-20-12-16-36-60(48)32-8-4)44-28-26-42(56-44)51(40-24-22-38(49)54-40)47-19-11-15-35-59(47)31-7-3;;;/h5-28,33-36H,1-4,29-32H2,(H,53,54,55,56);;2*1H2/q+3;+2;;. The molecule has 0 fully saturated rings. The first kappa shape index (κ1) is 45.1. The summed E-state index contributed by atoms with van der Waals surface area (Å²) >= 11 is 0. The van der Waals surface area contributed by atoms with Gasteiger partial charge in [0.15, 0.2) is 51.0 Å². The van der Waals surface area contributed by atoms with Crippen LogP contribution in [0.15, 0.2) is 172 Å². The quantitative estimate of drug-likeness (QED) is 0.0728. The first-order valence-electron chi connectivity index (χ1n) is 20.1. The zero-order chi connectivity index (χ0) is 41.0. The molecule has 7 aromatic rings. The molecule has 0 saturated heterocycles. The SMILES string of the molecule is C=CC[n+]1ccccc1-c1c2nc(c(-c3cccc[n+]3CC=C)c3ccc([nH]3)c(-c3cccc[n+]3CC=C)c3ccc([nH]3)c(-c3cccc[n+]3CC=C)c3nc1C=C3)C=C2.O.[Fe+2].[OH-]. The number of fused-ring (bicyclic) bond motifs is 8. The van der Waals surface area contributed by atoms with E-state index in [1.165, 1.54) is 0 Å². The van der Waals surface area contributed by atoms with Gasteiger partial charge in [0.1, 0.15) is 0 Å². The van der Waals surface area contributed by atoms with Gasteiger partial charge in [0.05, 0.1) is 67.1 Å². The van der Waals surface area contributed by atoms with Crippen LogP contribution in [0.1, 0.15) is 22.8 Å². The van der Waals surface area contributed by atoms with Crippen molar-refractivity contribution in [3.8, 4) is 45.0 Å². The zero-order valence-corrected chi connectivity index (χ0v) is 35.9. The molecule has 312 valence electrons. The summed E-state index contributed by atoms with van der Waals surface area (Å²) in [6.07, 6.45) is 24.5. The molecule has 10 nitrogen and oxygen atoms in total. The van der Waals surface area contributed by atoms with Gasteiger partial charge in [-0.1, -0.05) is 26.3 Å². The van der Waals surface area contributed by atoms with Crippen LogP contribution in [0.4, 0.5) is 0 Å². The molecule has 2 aliphatic rings. The maximum Gasteiger partial charge on any atom is 2.00 e. The van der Waals surface area contributed by atoms with E-state index in [4.69, 9.17) is 9.97 Å². The molecule has 5 N–H and O–H groups in total. The van der Waals surface area contributed by atoms with Gasteiger partial charge in [-0.05, 0) is 97.1 Å². The van der Waals surface area contributed by atoms with Crippen molar-refractivity contribution in [1.82, 2.24) is 19.9 Å². The summed E-state index contributed by atoms with van der Waals surface area (Å²) in [7, 11) is 0. The first-order chi connectivity index (χ1) is 29.6. The number of H-pyrrole nitrogens is 2. The van der Waals surface area contributed by atoms with Crippen LogP contribution in [0, 0.1) is 0 Å². The van der Waals surface area contributed by atoms with E-state index in [0.717, 1.165) is 89.9 Å². The van der Waals surface area contributed by atoms with Crippen LogP contribution in [0.2, 0.25) is 0 Å². The van der Waals surface area contributed by atoms with Crippen LogP contribution in [0.25, 0.3) is 91.4 Å². The summed E-state index contributed by atoms with van der Waals surface area (Å²) in [6, 6.07) is 33.7. The number of hydrogen-bond acceptors (Lipinski definition) is 3. The first-order valence-corrected chi connectivity index (χ1v) is 20.1. The van der Waals surface area contributed by atoms with E-state index >= 15 is 0 Å². The Labute approximate surface area is 377 Å². The molecule has 2 aliphatic heterocycles. The van der Waals surface area contributed by atoms with Crippen molar-refractivity contribution < 1.29 is 46.3 Å². The molecule has 8 bridgehead atoms. The van der Waals surface area contributed by atoms with Gasteiger partial charge in [0, 0.05) is 48.5 Å². The molecule has 0 amide bonds. The van der Waals surface area contributed by atoms with Gasteiger partial charge in [-0.25, -0.2) is 9.97 Å². The smallest absolute Gasteiger partial charge is 0.870 e. The maximum absolute atomic E-state index is 5.51. The Morgan fingerprint density at radius 3 is 0.984 bits per heavy atom. The Balaban J connectivity index is 0.00000220. The largest absolute Gasteiger partial charge is 2.00 e. The molecule has 0 unspecified atom stereocenters. The van der Waals surface area contributed by atoms with Crippen molar-refractivity contribution in [3.63, 3.8) is 0 Å². The number of aromatic amines is 2. The summed E-state index contributed by atoms with van der Waals surface area (Å²) in [5.74, 6) is 0. The van der Waals surface area contributed by atoms with Crippen LogP contribution in [-0.2, 0) is 43.2 Å². The summed E-state index contributed by atoms with van der Waals surface area (Å²) in [5.41, 5.74) is 14.9. The summed E-state index contributed by atoms with van der Waals surface area (Å²) in [5, 5.41) is 0. The predicted molar refractivity (Wildman–Crippen MR) is 248 cm³/mol. The average Bonchev–Trinajstić information content (AvgIpc) is 4.12. The van der Waals surface area contributed by atoms with E-state index in [1.807, 2.05) is 42.5 Å². The molecule has 9 rings (SSSR count). The van der Waals surface area contributed by atoms with Gasteiger partial charge in [-0.3, -0.25) is 0 Å². The van der Waals surface area contributed by atoms with Crippen LogP contribution < -0.4 is 18.3 Å². The topological polar surface area (TPSA) is 134 Å². The number of rotatable bonds is 12. The number of aromatic nitrogens is 8. The minimum Gasteiger partial charge on any atom is -0.870 e. The molecule has 0 atom stereocenters. The normalized spacial score (nSPS) is 11.2. The predicted octanol–water partition coefficient (Wildman–Crippen LogP) is 8.21. The summed E-state index contributed by atoms with van der Waals surface area (Å²) in [4.78, 5) is 18.8. The third-order valence-corrected chi connectivity index (χ3v) is 10.8. The van der Waals surface area contributed by atoms with Crippen molar-refractivity contribution in [2.45, 2.75) is 26.2 Å². The number of nitrogens with one attached hydrogen (secondary N) is 2. The fourth-order valence-electron chi connectivity index (χ4n) is 8.29. The molecule has 0 aliphatic carbocycles. The number of hydrogen-bond donors (Lipinski definition) is 2. The molecular weight excluding hydrogens is 824 g/mol. The minimum absolute atomic E-state index is 0. The monoisotopic (exact) mass is 873 g/mol. The molecule has 7 aromatic heterocycles. The molecule has 0 spiro atoms. The molecule has 0 radical (unpaired) electrons. The number of allylic oxidation sites excluding steroid dienone is 4. The van der Waals surface area contributed by atoms with E-state index in [0.29, 0.717) is 26.2 Å². The van der Waals surface area contributed by atoms with Crippen molar-refractivity contribution in [1.29, 1.82) is 0 Å². The van der Waals surface area contributed by atoms with Crippen molar-refractivity contribution in [2.75, 3.05) is 0 Å². The Bertz CT molecular complexity index is 2950. The Morgan fingerprint density at radius 1 is 0.397 bits per heavy atom. The Kier molecular flexibility index (Phi) is 14.3. The third-order valence-electron chi connectivity index (χ3n) is 10.8. The van der Waals surface area contributed by atoms with Crippen LogP contribution in [0.5, 0.6) is 0 Å². The average molecular weight is 874 g/mol. The number of nitrogens with zero attached hydrogens (tertiary/aromatic N) is 6. The molecule has 0 aromatic carbocycles. The number of pyridine rings is 4. The fourth-order valence-corrected chi connectivity index (χ4v) is 8.29. The molecule has 11 heteroatoms. The second kappa shape index (κ2) is 20.0. The van der Waals surface area contributed by atoms with Gasteiger partial charge in [-0.2, -0.15) is 18.3 Å². The van der Waals surface area contributed by atoms with Crippen LogP contribution in [-0.4, -0.2) is 30.9 Å². The van der Waals surface area contributed by atoms with Crippen molar-refractivity contribution in [2.24, 2.45) is 0 Å². The van der Waals surface area contributed by atoms with Crippen molar-refractivity contribution in [3.05, 3.63) is 195 Å². The Hall–Kier alpha value is -7.40. The molecule has 63 heavy (non-hydrogen) atoms. The van der Waals surface area contributed by atoms with Gasteiger partial charge in [0.2, 0.25) is 22.8 Å². The second-order valence-electron chi connectivity index (χ2n) is 14.6. The van der Waals surface area contributed by atoms with E-state index in [-0.39, 0.29) is 28.0 Å². The zero-order valence-electron chi connectivity index (χ0n) is 34.8. The maximum atomic E-state index is 5.51. The fraction of sp³-hybridized carbons (Fsp3) is 0.0769. The van der Waals surface area contributed by atoms with Gasteiger partial charge in [0.25, 0.3) is 0 Å². The van der Waals surface area contributed by atoms with Gasteiger partial charge < -0.3 is 20.9 Å². The van der Waals surface area contributed by atoms with E-state index < -0.39 is 0 Å². The third kappa shape index (κ3) is 8.59. The minimum atomic E-state index is 0. The molecule has 0 saturated carbocycles. The van der Waals surface area contributed by atoms with Crippen LogP contribution in [0.3, 0.4) is 0 Å². The summed E-state index contributed by atoms with van der Waals surface area (Å²) < 4.78 is 8.82. The summed E-state index contributed by atoms with van der Waals surface area (Å²) in [6.45, 7) is 18.8. The van der Waals surface area contributed by atoms with Gasteiger partial charge in [-0.15, -0.1) is 0 Å². The van der Waals surface area contributed by atoms with Crippen LogP contribution >= 0.6 is 0 Å². The Morgan fingerprint density at radius 2 is 0.667 bits per heavy atom.